The van der Waals surface area contributed by atoms with Crippen molar-refractivity contribution in [2.24, 2.45) is 11.7 Å². The lowest BCUT2D eigenvalue weighted by Crippen LogP contribution is -2.30. The van der Waals surface area contributed by atoms with Gasteiger partial charge in [0.15, 0.2) is 0 Å². The van der Waals surface area contributed by atoms with Crippen LogP contribution in [0.2, 0.25) is 0 Å². The van der Waals surface area contributed by atoms with E-state index in [1.807, 2.05) is 36.0 Å². The molecule has 1 saturated heterocycles. The van der Waals surface area contributed by atoms with E-state index in [0.717, 1.165) is 29.1 Å². The van der Waals surface area contributed by atoms with Crippen molar-refractivity contribution in [2.45, 2.75) is 13.0 Å². The summed E-state index contributed by atoms with van der Waals surface area (Å²) in [5.41, 5.74) is 7.37. The third-order valence-corrected chi connectivity index (χ3v) is 4.22. The minimum absolute atomic E-state index is 0.178. The number of nitrogens with two attached hydrogens (primary N) is 1. The number of benzene rings is 1. The maximum Gasteiger partial charge on any atom is 0.224 e. The molecule has 1 amide bonds. The topological polar surface area (TPSA) is 55.1 Å². The Balaban J connectivity index is 1.84. The summed E-state index contributed by atoms with van der Waals surface area (Å²) in [5, 5.41) is 3.00. The fraction of sp³-hybridized carbons (Fsp3) is 0.400. The normalized spacial score (nSPS) is 17.6. The van der Waals surface area contributed by atoms with Crippen LogP contribution in [-0.2, 0) is 11.3 Å². The van der Waals surface area contributed by atoms with Gasteiger partial charge in [-0.3, -0.25) is 4.79 Å². The number of carbonyl (C=O) groups is 1. The Bertz CT molecular complexity index is 481. The lowest BCUT2D eigenvalue weighted by molar-refractivity contribution is -0.124. The molecule has 1 aliphatic heterocycles. The van der Waals surface area contributed by atoms with Crippen LogP contribution >= 0.6 is 11.8 Å². The van der Waals surface area contributed by atoms with Crippen molar-refractivity contribution in [3.63, 3.8) is 0 Å². The first kappa shape index (κ1) is 14.0. The van der Waals surface area contributed by atoms with Crippen molar-refractivity contribution in [3.05, 3.63) is 35.4 Å². The van der Waals surface area contributed by atoms with Gasteiger partial charge in [0.05, 0.1) is 6.54 Å². The van der Waals surface area contributed by atoms with Crippen LogP contribution < -0.4 is 11.1 Å². The Hall–Kier alpha value is -1.44. The average Bonchev–Trinajstić information content (AvgIpc) is 2.98. The van der Waals surface area contributed by atoms with Crippen LogP contribution in [0.15, 0.2) is 24.3 Å². The Morgan fingerprint density at radius 2 is 2.21 bits per heavy atom. The van der Waals surface area contributed by atoms with Crippen LogP contribution in [0.5, 0.6) is 0 Å². The highest BCUT2D eigenvalue weighted by molar-refractivity contribution is 7.99. The molecule has 1 aromatic carbocycles. The number of rotatable bonds is 3. The van der Waals surface area contributed by atoms with E-state index in [1.54, 1.807) is 0 Å². The van der Waals surface area contributed by atoms with Gasteiger partial charge in [-0.05, 0) is 29.9 Å². The SMILES string of the molecule is NCC#Cc1ccc(CNC(=O)C2CCSC2)cc1. The molecule has 1 aliphatic rings. The molecule has 0 spiro atoms. The van der Waals surface area contributed by atoms with Gasteiger partial charge in [0, 0.05) is 23.8 Å². The summed E-state index contributed by atoms with van der Waals surface area (Å²) in [5.74, 6) is 8.23. The first-order valence-electron chi connectivity index (χ1n) is 6.43. The third-order valence-electron chi connectivity index (χ3n) is 3.06. The van der Waals surface area contributed by atoms with Gasteiger partial charge in [0.2, 0.25) is 5.91 Å². The summed E-state index contributed by atoms with van der Waals surface area (Å²) in [7, 11) is 0. The predicted octanol–water partition coefficient (Wildman–Crippen LogP) is 1.37. The molecule has 4 heteroatoms. The number of nitrogens with one attached hydrogen (secondary N) is 1. The molecule has 0 radical (unpaired) electrons. The van der Waals surface area contributed by atoms with Crippen molar-refractivity contribution in [1.82, 2.24) is 5.32 Å². The van der Waals surface area contributed by atoms with E-state index in [0.29, 0.717) is 13.1 Å². The van der Waals surface area contributed by atoms with Gasteiger partial charge in [-0.1, -0.05) is 24.0 Å². The van der Waals surface area contributed by atoms with Crippen LogP contribution in [0.3, 0.4) is 0 Å². The minimum atomic E-state index is 0.178. The molecule has 2 rings (SSSR count). The maximum absolute atomic E-state index is 11.9. The van der Waals surface area contributed by atoms with E-state index in [4.69, 9.17) is 5.73 Å². The van der Waals surface area contributed by atoms with E-state index in [9.17, 15) is 4.79 Å². The number of hydrogen-bond donors (Lipinski definition) is 2. The molecule has 19 heavy (non-hydrogen) atoms. The van der Waals surface area contributed by atoms with Gasteiger partial charge >= 0.3 is 0 Å². The first-order valence-corrected chi connectivity index (χ1v) is 7.58. The molecule has 3 N–H and O–H groups in total. The molecule has 0 aromatic heterocycles. The molecule has 1 heterocycles. The Morgan fingerprint density at radius 3 is 2.84 bits per heavy atom. The molecule has 0 aliphatic carbocycles. The smallest absolute Gasteiger partial charge is 0.224 e. The highest BCUT2D eigenvalue weighted by Gasteiger charge is 2.22. The molecule has 0 saturated carbocycles. The fourth-order valence-corrected chi connectivity index (χ4v) is 3.15. The van der Waals surface area contributed by atoms with Crippen LogP contribution in [0.25, 0.3) is 0 Å². The van der Waals surface area contributed by atoms with Gasteiger partial charge in [-0.2, -0.15) is 11.8 Å². The van der Waals surface area contributed by atoms with Crippen molar-refractivity contribution in [2.75, 3.05) is 18.1 Å². The van der Waals surface area contributed by atoms with Crippen molar-refractivity contribution in [1.29, 1.82) is 0 Å². The van der Waals surface area contributed by atoms with Crippen LogP contribution in [0.1, 0.15) is 17.5 Å². The number of thioether (sulfide) groups is 1. The zero-order valence-corrected chi connectivity index (χ0v) is 11.6. The monoisotopic (exact) mass is 274 g/mol. The second-order valence-electron chi connectivity index (χ2n) is 4.48. The average molecular weight is 274 g/mol. The van der Waals surface area contributed by atoms with Crippen molar-refractivity contribution in [3.8, 4) is 11.8 Å². The van der Waals surface area contributed by atoms with Crippen molar-refractivity contribution < 1.29 is 4.79 Å². The largest absolute Gasteiger partial charge is 0.352 e. The Labute approximate surface area is 118 Å². The summed E-state index contributed by atoms with van der Waals surface area (Å²) in [6, 6.07) is 7.89. The summed E-state index contributed by atoms with van der Waals surface area (Å²) < 4.78 is 0. The van der Waals surface area contributed by atoms with Crippen LogP contribution in [0, 0.1) is 17.8 Å². The van der Waals surface area contributed by atoms with Crippen LogP contribution in [0.4, 0.5) is 0 Å². The third kappa shape index (κ3) is 4.30. The molecular weight excluding hydrogens is 256 g/mol. The van der Waals surface area contributed by atoms with Gasteiger partial charge in [0.25, 0.3) is 0 Å². The Kier molecular flexibility index (Phi) is 5.31. The van der Waals surface area contributed by atoms with E-state index in [2.05, 4.69) is 17.2 Å². The van der Waals surface area contributed by atoms with E-state index >= 15 is 0 Å². The van der Waals surface area contributed by atoms with Gasteiger partial charge in [-0.25, -0.2) is 0 Å². The summed E-state index contributed by atoms with van der Waals surface area (Å²) in [6.45, 7) is 0.960. The fourth-order valence-electron chi connectivity index (χ4n) is 1.93. The molecule has 1 atom stereocenters. The van der Waals surface area contributed by atoms with E-state index < -0.39 is 0 Å². The number of carbonyl (C=O) groups excluding carboxylic acids is 1. The lowest BCUT2D eigenvalue weighted by Gasteiger charge is -2.09. The second-order valence-corrected chi connectivity index (χ2v) is 5.63. The van der Waals surface area contributed by atoms with Gasteiger partial charge < -0.3 is 11.1 Å². The maximum atomic E-state index is 11.9. The van der Waals surface area contributed by atoms with Crippen molar-refractivity contribution >= 4 is 17.7 Å². The van der Waals surface area contributed by atoms with E-state index in [1.165, 1.54) is 0 Å². The predicted molar refractivity (Wildman–Crippen MR) is 79.7 cm³/mol. The zero-order valence-electron chi connectivity index (χ0n) is 10.8. The second kappa shape index (κ2) is 7.22. The van der Waals surface area contributed by atoms with Gasteiger partial charge in [-0.15, -0.1) is 0 Å². The quantitative estimate of drug-likeness (QED) is 0.819. The zero-order chi connectivity index (χ0) is 13.5. The Morgan fingerprint density at radius 1 is 1.42 bits per heavy atom. The summed E-state index contributed by atoms with van der Waals surface area (Å²) in [6.07, 6.45) is 1.00. The summed E-state index contributed by atoms with van der Waals surface area (Å²) >= 11 is 1.86. The van der Waals surface area contributed by atoms with E-state index in [-0.39, 0.29) is 11.8 Å². The minimum Gasteiger partial charge on any atom is -0.352 e. The molecule has 0 bridgehead atoms. The van der Waals surface area contributed by atoms with Gasteiger partial charge in [0.1, 0.15) is 0 Å². The highest BCUT2D eigenvalue weighted by Crippen LogP contribution is 2.23. The molecule has 3 nitrogen and oxygen atoms in total. The molecular formula is C15H18N2OS. The number of amides is 1. The molecule has 1 fully saturated rings. The molecule has 1 unspecified atom stereocenters. The first-order chi connectivity index (χ1) is 9.29. The lowest BCUT2D eigenvalue weighted by atomic mass is 10.1. The molecule has 1 aromatic rings. The summed E-state index contributed by atoms with van der Waals surface area (Å²) in [4.78, 5) is 11.9. The highest BCUT2D eigenvalue weighted by atomic mass is 32.2. The molecule has 100 valence electrons. The standard InChI is InChI=1S/C15H18N2OS/c16-8-1-2-12-3-5-13(6-4-12)10-17-15(18)14-7-9-19-11-14/h3-6,14H,7-11,16H2,(H,17,18). The van der Waals surface area contributed by atoms with Crippen LogP contribution in [-0.4, -0.2) is 24.0 Å². The number of hydrogen-bond acceptors (Lipinski definition) is 3.